The van der Waals surface area contributed by atoms with Crippen LogP contribution in [0.15, 0.2) is 0 Å². The second-order valence-corrected chi connectivity index (χ2v) is 1.63. The molecule has 8 heteroatoms. The van der Waals surface area contributed by atoms with Crippen LogP contribution >= 0.6 is 0 Å². The average Bonchev–Trinajstić information content (AvgIpc) is 1.36. The first-order valence-corrected chi connectivity index (χ1v) is 2.81. The molecular formula is H5MgMnO6. The summed E-state index contributed by atoms with van der Waals surface area (Å²) in [5.41, 5.74) is 0. The van der Waals surface area contributed by atoms with Gasteiger partial charge in [0, 0.05) is 0 Å². The molecule has 0 aliphatic rings. The van der Waals surface area contributed by atoms with Crippen molar-refractivity contribution in [3.63, 3.8) is 0 Å². The SMILES string of the molecule is OO.[H-].[H-].[Mg+2].[O]=[Mn](=[O])(=[O])[OH]. The van der Waals surface area contributed by atoms with Crippen molar-refractivity contribution in [3.8, 4) is 0 Å². The summed E-state index contributed by atoms with van der Waals surface area (Å²) in [6, 6.07) is 0. The Morgan fingerprint density at radius 3 is 1.12 bits per heavy atom. The molecule has 0 aliphatic heterocycles. The molecule has 0 radical (unpaired) electrons. The fraction of sp³-hybridized carbons (Fsp3) is 0. The van der Waals surface area contributed by atoms with Crippen LogP contribution in [0.2, 0.25) is 0 Å². The summed E-state index contributed by atoms with van der Waals surface area (Å²) in [6.07, 6.45) is 0. The van der Waals surface area contributed by atoms with Crippen molar-refractivity contribution in [2.45, 2.75) is 0 Å². The van der Waals surface area contributed by atoms with Crippen molar-refractivity contribution < 1.29 is 42.0 Å². The monoisotopic (exact) mass is 180 g/mol. The van der Waals surface area contributed by atoms with Crippen LogP contribution in [0.1, 0.15) is 2.85 Å². The van der Waals surface area contributed by atoms with Gasteiger partial charge >= 0.3 is 51.7 Å². The minimum absolute atomic E-state index is 0. The Hall–Kier alpha value is 0.566. The van der Waals surface area contributed by atoms with E-state index in [1.54, 1.807) is 0 Å². The third-order valence-electron chi connectivity index (χ3n) is 0. The Morgan fingerprint density at radius 1 is 1.12 bits per heavy atom. The quantitative estimate of drug-likeness (QED) is 0.249. The van der Waals surface area contributed by atoms with E-state index in [9.17, 15) is 0 Å². The number of rotatable bonds is 0. The Bertz CT molecular complexity index is 137. The van der Waals surface area contributed by atoms with Gasteiger partial charge in [-0.05, 0) is 0 Å². The van der Waals surface area contributed by atoms with Crippen LogP contribution in [0.3, 0.4) is 0 Å². The van der Waals surface area contributed by atoms with E-state index in [1.165, 1.54) is 0 Å². The average molecular weight is 180 g/mol. The topological polar surface area (TPSA) is 112 Å². The van der Waals surface area contributed by atoms with E-state index in [-0.39, 0.29) is 25.9 Å². The van der Waals surface area contributed by atoms with Gasteiger partial charge in [0.05, 0.1) is 0 Å². The van der Waals surface area contributed by atoms with Crippen molar-refractivity contribution in [1.29, 1.82) is 0 Å². The van der Waals surface area contributed by atoms with E-state index >= 15 is 0 Å². The maximum absolute atomic E-state index is 8.69. The van der Waals surface area contributed by atoms with E-state index in [0.717, 1.165) is 0 Å². The summed E-state index contributed by atoms with van der Waals surface area (Å²) in [6.45, 7) is 0. The van der Waals surface area contributed by atoms with Gasteiger partial charge in [-0.3, -0.25) is 10.5 Å². The summed E-state index contributed by atoms with van der Waals surface area (Å²) in [5.74, 6) is 0. The number of hydrogen-bond acceptors (Lipinski definition) is 5. The molecule has 0 spiro atoms. The van der Waals surface area contributed by atoms with Gasteiger partial charge < -0.3 is 2.85 Å². The molecule has 6 nitrogen and oxygen atoms in total. The van der Waals surface area contributed by atoms with Crippen molar-refractivity contribution in [3.05, 3.63) is 0 Å². The summed E-state index contributed by atoms with van der Waals surface area (Å²) >= 11 is -5.38. The minimum atomic E-state index is -5.38. The van der Waals surface area contributed by atoms with Crippen LogP contribution in [0.4, 0.5) is 0 Å². The van der Waals surface area contributed by atoms with Gasteiger partial charge in [-0.1, -0.05) is 0 Å². The Labute approximate surface area is 65.3 Å². The fourth-order valence-corrected chi connectivity index (χ4v) is 0. The first-order valence-electron chi connectivity index (χ1n) is 0.832. The third kappa shape index (κ3) is 636. The van der Waals surface area contributed by atoms with Crippen LogP contribution in [0, 0.1) is 0 Å². The van der Waals surface area contributed by atoms with Gasteiger partial charge in [-0.25, -0.2) is 0 Å². The van der Waals surface area contributed by atoms with E-state index in [4.69, 9.17) is 26.2 Å². The zero-order valence-corrected chi connectivity index (χ0v) is 6.25. The second kappa shape index (κ2) is 7.57. The zero-order valence-electron chi connectivity index (χ0n) is 5.65. The molecule has 8 heavy (non-hydrogen) atoms. The Balaban J connectivity index is -0.0000000154. The molecule has 0 aromatic carbocycles. The molecule has 3 N–H and O–H groups in total. The van der Waals surface area contributed by atoms with Crippen LogP contribution in [-0.2, 0) is 24.5 Å². The van der Waals surface area contributed by atoms with Gasteiger partial charge in [0.2, 0.25) is 0 Å². The molecule has 0 fully saturated rings. The molecule has 50 valence electrons. The summed E-state index contributed by atoms with van der Waals surface area (Å²) in [5, 5.41) is 12.0. The third-order valence-corrected chi connectivity index (χ3v) is 0. The van der Waals surface area contributed by atoms with Crippen molar-refractivity contribution in [2.24, 2.45) is 0 Å². The van der Waals surface area contributed by atoms with Crippen molar-refractivity contribution in [2.75, 3.05) is 0 Å². The van der Waals surface area contributed by atoms with Crippen LogP contribution in [0.25, 0.3) is 0 Å². The molecule has 0 heterocycles. The molecule has 0 saturated heterocycles. The Kier molecular flexibility index (Phi) is 15.0. The van der Waals surface area contributed by atoms with Crippen molar-refractivity contribution >= 4 is 23.1 Å². The molecule has 0 atom stereocenters. The standard InChI is InChI=1S/Mg.Mn.H2O2.H2O.3O.2H/c;;1-2;;;;;;/h;;1-2H;1H2;;;;;/q+2;+1;;;;;;2*-1/p-1. The molecular weight excluding hydrogens is 175 g/mol. The Morgan fingerprint density at radius 2 is 1.12 bits per heavy atom. The normalized spacial score (nSPS) is 7.88. The molecule has 0 saturated carbocycles. The van der Waals surface area contributed by atoms with Crippen LogP contribution in [-0.4, -0.2) is 37.8 Å². The summed E-state index contributed by atoms with van der Waals surface area (Å²) in [7, 11) is 0. The summed E-state index contributed by atoms with van der Waals surface area (Å²) in [4.78, 5) is 0. The molecule has 0 bridgehead atoms. The fourth-order valence-electron chi connectivity index (χ4n) is 0. The van der Waals surface area contributed by atoms with Crippen LogP contribution in [0.5, 0.6) is 0 Å². The molecule has 0 rings (SSSR count). The van der Waals surface area contributed by atoms with Gasteiger partial charge in [0.1, 0.15) is 0 Å². The first kappa shape index (κ1) is 15.8. The van der Waals surface area contributed by atoms with E-state index in [0.29, 0.717) is 0 Å². The van der Waals surface area contributed by atoms with Gasteiger partial charge in [0.15, 0.2) is 0 Å². The first-order chi connectivity index (χ1) is 3.00. The van der Waals surface area contributed by atoms with E-state index in [2.05, 4.69) is 0 Å². The number of hydrogen-bond donors (Lipinski definition) is 3. The second-order valence-electron chi connectivity index (χ2n) is 0.396. The van der Waals surface area contributed by atoms with E-state index < -0.39 is 13.0 Å². The molecule has 0 aromatic rings. The van der Waals surface area contributed by atoms with Crippen LogP contribution < -0.4 is 0 Å². The maximum atomic E-state index is 8.69. The van der Waals surface area contributed by atoms with Gasteiger partial charge in [-0.2, -0.15) is 0 Å². The molecule has 0 amide bonds. The van der Waals surface area contributed by atoms with E-state index in [1.807, 2.05) is 0 Å². The predicted octanol–water partition coefficient (Wildman–Crippen LogP) is -1.05. The molecule has 0 unspecified atom stereocenters. The van der Waals surface area contributed by atoms with Crippen molar-refractivity contribution in [1.82, 2.24) is 0 Å². The zero-order chi connectivity index (χ0) is 6.50. The summed E-state index contributed by atoms with van der Waals surface area (Å²) < 4.78 is 33.1. The molecule has 0 aromatic heterocycles. The van der Waals surface area contributed by atoms with Gasteiger partial charge in [0.25, 0.3) is 0 Å². The van der Waals surface area contributed by atoms with Gasteiger partial charge in [-0.15, -0.1) is 0 Å². The molecule has 0 aliphatic carbocycles. The predicted molar refractivity (Wildman–Crippen MR) is 17.5 cm³/mol.